The van der Waals surface area contributed by atoms with Gasteiger partial charge < -0.3 is 0 Å². The molecule has 0 aliphatic heterocycles. The summed E-state index contributed by atoms with van der Waals surface area (Å²) in [5.41, 5.74) is 3.68. The van der Waals surface area contributed by atoms with Crippen molar-refractivity contribution in [1.29, 1.82) is 0 Å². The molecule has 0 aromatic carbocycles. The van der Waals surface area contributed by atoms with Crippen molar-refractivity contribution in [3.63, 3.8) is 0 Å². The molecule has 0 radical (unpaired) electrons. The monoisotopic (exact) mass is 176 g/mol. The van der Waals surface area contributed by atoms with Crippen molar-refractivity contribution in [2.45, 2.75) is 34.6 Å². The van der Waals surface area contributed by atoms with Crippen LogP contribution in [0.25, 0.3) is 0 Å². The molecular weight excluding hydrogens is 160 g/mol. The highest BCUT2D eigenvalue weighted by atomic mass is 16.1. The molecule has 2 atom stereocenters. The number of carbonyl (C=O) groups is 1. The van der Waals surface area contributed by atoms with Gasteiger partial charge in [-0.15, -0.1) is 0 Å². The van der Waals surface area contributed by atoms with Crippen LogP contribution in [0.5, 0.6) is 0 Å². The molecule has 0 saturated heterocycles. The minimum Gasteiger partial charge on any atom is -0.294 e. The fraction of sp³-hybridized carbons (Fsp3) is 0.583. The molecule has 2 aliphatic rings. The second kappa shape index (κ2) is 1.97. The molecule has 0 spiro atoms. The first-order chi connectivity index (χ1) is 5.86. The first-order valence-corrected chi connectivity index (χ1v) is 4.78. The minimum atomic E-state index is -0.221. The molecular formula is C12H16O. The molecule has 1 nitrogen and oxygen atoms in total. The number of hydrogen-bond donors (Lipinski definition) is 0. The zero-order chi connectivity index (χ0) is 10.0. The van der Waals surface area contributed by atoms with Gasteiger partial charge in [-0.05, 0) is 33.8 Å². The van der Waals surface area contributed by atoms with Gasteiger partial charge in [-0.1, -0.05) is 23.6 Å². The fourth-order valence-electron chi connectivity index (χ4n) is 3.04. The predicted molar refractivity (Wildman–Crippen MR) is 53.4 cm³/mol. The molecule has 2 aliphatic carbocycles. The maximum Gasteiger partial charge on any atom is 0.166 e. The molecule has 0 aromatic rings. The van der Waals surface area contributed by atoms with Crippen LogP contribution in [0.15, 0.2) is 22.8 Å². The molecule has 2 rings (SSSR count). The van der Waals surface area contributed by atoms with E-state index >= 15 is 0 Å². The summed E-state index contributed by atoms with van der Waals surface area (Å²) in [4.78, 5) is 11.8. The topological polar surface area (TPSA) is 17.1 Å². The van der Waals surface area contributed by atoms with E-state index in [-0.39, 0.29) is 16.6 Å². The van der Waals surface area contributed by atoms with Crippen LogP contribution in [-0.4, -0.2) is 5.78 Å². The van der Waals surface area contributed by atoms with Crippen molar-refractivity contribution in [2.24, 2.45) is 10.8 Å². The lowest BCUT2D eigenvalue weighted by Crippen LogP contribution is -2.50. The average molecular weight is 176 g/mol. The van der Waals surface area contributed by atoms with Crippen LogP contribution in [0.3, 0.4) is 0 Å². The number of allylic oxidation sites excluding steroid dienone is 4. The van der Waals surface area contributed by atoms with Crippen LogP contribution in [0.4, 0.5) is 0 Å². The number of carbonyl (C=O) groups excluding carboxylic acids is 1. The molecule has 0 amide bonds. The second-order valence-electron chi connectivity index (χ2n) is 4.69. The summed E-state index contributed by atoms with van der Waals surface area (Å²) in [5, 5.41) is 0. The maximum absolute atomic E-state index is 11.8. The van der Waals surface area contributed by atoms with Crippen LogP contribution in [0.2, 0.25) is 0 Å². The summed E-state index contributed by atoms with van der Waals surface area (Å²) in [5.74, 6) is 0.288. The highest BCUT2D eigenvalue weighted by molar-refractivity contribution is 6.04. The zero-order valence-electron chi connectivity index (χ0n) is 8.99. The van der Waals surface area contributed by atoms with E-state index in [9.17, 15) is 4.79 Å². The SMILES string of the molecule is CC1=CC(=O)[C@]2(C)C(C)=C(C)[C@@]12C. The number of hydrogen-bond acceptors (Lipinski definition) is 1. The molecule has 0 heterocycles. The molecule has 13 heavy (non-hydrogen) atoms. The normalized spacial score (nSPS) is 43.2. The van der Waals surface area contributed by atoms with E-state index in [2.05, 4.69) is 34.6 Å². The highest BCUT2D eigenvalue weighted by Gasteiger charge is 2.63. The van der Waals surface area contributed by atoms with Gasteiger partial charge in [-0.25, -0.2) is 0 Å². The van der Waals surface area contributed by atoms with Gasteiger partial charge in [-0.2, -0.15) is 0 Å². The van der Waals surface area contributed by atoms with E-state index in [0.29, 0.717) is 0 Å². The Balaban J connectivity index is 2.69. The lowest BCUT2D eigenvalue weighted by atomic mass is 9.48. The van der Waals surface area contributed by atoms with Gasteiger partial charge in [0.2, 0.25) is 0 Å². The van der Waals surface area contributed by atoms with Crippen LogP contribution in [0, 0.1) is 10.8 Å². The van der Waals surface area contributed by atoms with E-state index in [1.54, 1.807) is 0 Å². The first-order valence-electron chi connectivity index (χ1n) is 4.78. The Kier molecular flexibility index (Phi) is 1.32. The molecule has 0 saturated carbocycles. The van der Waals surface area contributed by atoms with Crippen LogP contribution >= 0.6 is 0 Å². The highest BCUT2D eigenvalue weighted by Crippen LogP contribution is 2.67. The Morgan fingerprint density at radius 3 is 1.92 bits per heavy atom. The van der Waals surface area contributed by atoms with Crippen molar-refractivity contribution in [3.05, 3.63) is 22.8 Å². The Morgan fingerprint density at radius 2 is 1.46 bits per heavy atom. The summed E-state index contributed by atoms with van der Waals surface area (Å²) in [6.07, 6.45) is 1.82. The Morgan fingerprint density at radius 1 is 1.00 bits per heavy atom. The molecule has 0 aromatic heterocycles. The van der Waals surface area contributed by atoms with Crippen molar-refractivity contribution in [1.82, 2.24) is 0 Å². The Hall–Kier alpha value is -0.850. The third kappa shape index (κ3) is 0.579. The van der Waals surface area contributed by atoms with Gasteiger partial charge in [-0.3, -0.25) is 4.79 Å². The number of fused-ring (bicyclic) bond motifs is 1. The van der Waals surface area contributed by atoms with Gasteiger partial charge in [0.25, 0.3) is 0 Å². The van der Waals surface area contributed by atoms with Crippen LogP contribution in [-0.2, 0) is 4.79 Å². The van der Waals surface area contributed by atoms with Crippen molar-refractivity contribution in [2.75, 3.05) is 0 Å². The third-order valence-corrected chi connectivity index (χ3v) is 4.69. The predicted octanol–water partition coefficient (Wildman–Crippen LogP) is 2.88. The maximum atomic E-state index is 11.8. The summed E-state index contributed by atoms with van der Waals surface area (Å²) in [7, 11) is 0. The molecule has 1 heteroatoms. The first kappa shape index (κ1) is 8.74. The lowest BCUT2D eigenvalue weighted by Gasteiger charge is -2.53. The van der Waals surface area contributed by atoms with Gasteiger partial charge in [0.1, 0.15) is 0 Å². The quantitative estimate of drug-likeness (QED) is 0.519. The lowest BCUT2D eigenvalue weighted by molar-refractivity contribution is -0.124. The number of ketones is 1. The second-order valence-corrected chi connectivity index (χ2v) is 4.69. The van der Waals surface area contributed by atoms with Crippen LogP contribution in [0.1, 0.15) is 34.6 Å². The van der Waals surface area contributed by atoms with Gasteiger partial charge in [0.15, 0.2) is 5.78 Å². The van der Waals surface area contributed by atoms with Gasteiger partial charge >= 0.3 is 0 Å². The largest absolute Gasteiger partial charge is 0.294 e. The van der Waals surface area contributed by atoms with Gasteiger partial charge in [0.05, 0.1) is 5.41 Å². The van der Waals surface area contributed by atoms with Crippen molar-refractivity contribution in [3.8, 4) is 0 Å². The molecule has 70 valence electrons. The summed E-state index contributed by atoms with van der Waals surface area (Å²) >= 11 is 0. The standard InChI is InChI=1S/C12H16O/c1-7-6-10(13)12(5)9(3)8(2)11(7,12)4/h6H,1-5H3/t11-,12+/m1/s1. The van der Waals surface area contributed by atoms with Crippen molar-refractivity contribution < 1.29 is 4.79 Å². The molecule has 0 fully saturated rings. The van der Waals surface area contributed by atoms with Crippen LogP contribution < -0.4 is 0 Å². The molecule has 0 unspecified atom stereocenters. The summed E-state index contributed by atoms with van der Waals surface area (Å²) < 4.78 is 0. The zero-order valence-corrected chi connectivity index (χ0v) is 8.99. The van der Waals surface area contributed by atoms with E-state index < -0.39 is 0 Å². The van der Waals surface area contributed by atoms with E-state index in [0.717, 1.165) is 0 Å². The van der Waals surface area contributed by atoms with E-state index in [1.807, 2.05) is 6.08 Å². The smallest absolute Gasteiger partial charge is 0.166 e. The fourth-order valence-corrected chi connectivity index (χ4v) is 3.04. The summed E-state index contributed by atoms with van der Waals surface area (Å²) in [6.45, 7) is 10.6. The Bertz CT molecular complexity index is 373. The minimum absolute atomic E-state index is 0.0220. The summed E-state index contributed by atoms with van der Waals surface area (Å²) in [6, 6.07) is 0. The van der Waals surface area contributed by atoms with E-state index in [1.165, 1.54) is 16.7 Å². The average Bonchev–Trinajstić information content (AvgIpc) is 2.26. The van der Waals surface area contributed by atoms with Crippen molar-refractivity contribution >= 4 is 5.78 Å². The Labute approximate surface area is 79.5 Å². The number of rotatable bonds is 0. The van der Waals surface area contributed by atoms with E-state index in [4.69, 9.17) is 0 Å². The molecule has 0 bridgehead atoms. The third-order valence-electron chi connectivity index (χ3n) is 4.69. The van der Waals surface area contributed by atoms with Gasteiger partial charge in [0, 0.05) is 5.41 Å². The molecule has 0 N–H and O–H groups in total.